The molecule has 0 aromatic heterocycles. The minimum Gasteiger partial charge on any atom is -0.457 e. The molecule has 1 amide bonds. The number of carbonyl (C=O) groups is 1. The molecule has 1 aliphatic carbocycles. The van der Waals surface area contributed by atoms with Gasteiger partial charge in [-0.2, -0.15) is 0 Å². The summed E-state index contributed by atoms with van der Waals surface area (Å²) in [6, 6.07) is 16.9. The fourth-order valence-electron chi connectivity index (χ4n) is 4.57. The van der Waals surface area contributed by atoms with Crippen molar-refractivity contribution in [2.45, 2.75) is 45.2 Å². The van der Waals surface area contributed by atoms with Gasteiger partial charge < -0.3 is 9.64 Å². The van der Waals surface area contributed by atoms with E-state index in [4.69, 9.17) is 4.74 Å². The Labute approximate surface area is 184 Å². The molecule has 7 heteroatoms. The van der Waals surface area contributed by atoms with Crippen LogP contribution in [0.25, 0.3) is 0 Å². The van der Waals surface area contributed by atoms with E-state index >= 15 is 0 Å². The predicted octanol–water partition coefficient (Wildman–Crippen LogP) is 3.59. The number of carbonyl (C=O) groups excluding carboxylic acids is 1. The quantitative estimate of drug-likeness (QED) is 0.711. The molecule has 0 radical (unpaired) electrons. The van der Waals surface area contributed by atoms with Crippen LogP contribution in [0.15, 0.2) is 54.6 Å². The SMILES string of the molecule is CC(C)C(=O)N1CC2(CC2)C(NS(C)(=O)=O)C1Cc1ccc(Oc2ccccc2)cc1. The highest BCUT2D eigenvalue weighted by molar-refractivity contribution is 7.88. The molecule has 31 heavy (non-hydrogen) atoms. The maximum absolute atomic E-state index is 13.0. The van der Waals surface area contributed by atoms with E-state index in [0.717, 1.165) is 29.9 Å². The molecule has 1 N–H and O–H groups in total. The first kappa shape index (κ1) is 21.8. The van der Waals surface area contributed by atoms with E-state index in [1.807, 2.05) is 73.3 Å². The highest BCUT2D eigenvalue weighted by Crippen LogP contribution is 2.55. The maximum atomic E-state index is 13.0. The molecule has 1 heterocycles. The van der Waals surface area contributed by atoms with Gasteiger partial charge in [0.15, 0.2) is 0 Å². The van der Waals surface area contributed by atoms with Gasteiger partial charge in [0.1, 0.15) is 11.5 Å². The summed E-state index contributed by atoms with van der Waals surface area (Å²) in [5.41, 5.74) is 0.916. The van der Waals surface area contributed by atoms with E-state index in [2.05, 4.69) is 4.72 Å². The monoisotopic (exact) mass is 442 g/mol. The Morgan fingerprint density at radius 3 is 2.26 bits per heavy atom. The molecule has 1 spiro atoms. The zero-order chi connectivity index (χ0) is 22.2. The van der Waals surface area contributed by atoms with E-state index < -0.39 is 10.0 Å². The predicted molar refractivity (Wildman–Crippen MR) is 120 cm³/mol. The number of rotatable bonds is 7. The first-order valence-corrected chi connectivity index (χ1v) is 12.7. The number of amides is 1. The van der Waals surface area contributed by atoms with Gasteiger partial charge in [-0.3, -0.25) is 4.79 Å². The lowest BCUT2D eigenvalue weighted by Crippen LogP contribution is -2.50. The van der Waals surface area contributed by atoms with Crippen LogP contribution in [0.5, 0.6) is 11.5 Å². The van der Waals surface area contributed by atoms with Crippen LogP contribution in [0, 0.1) is 11.3 Å². The van der Waals surface area contributed by atoms with E-state index in [9.17, 15) is 13.2 Å². The average Bonchev–Trinajstić information content (AvgIpc) is 3.44. The number of sulfonamides is 1. The smallest absolute Gasteiger partial charge is 0.225 e. The fourth-order valence-corrected chi connectivity index (χ4v) is 5.44. The molecule has 2 aromatic rings. The van der Waals surface area contributed by atoms with Gasteiger partial charge in [0.25, 0.3) is 0 Å². The highest BCUT2D eigenvalue weighted by atomic mass is 32.2. The van der Waals surface area contributed by atoms with Gasteiger partial charge in [-0.15, -0.1) is 0 Å². The summed E-state index contributed by atoms with van der Waals surface area (Å²) in [5.74, 6) is 1.46. The second-order valence-electron chi connectivity index (χ2n) is 9.18. The van der Waals surface area contributed by atoms with Crippen molar-refractivity contribution in [2.75, 3.05) is 12.8 Å². The molecule has 6 nitrogen and oxygen atoms in total. The molecule has 1 saturated heterocycles. The Balaban J connectivity index is 1.56. The average molecular weight is 443 g/mol. The van der Waals surface area contributed by atoms with Crippen molar-refractivity contribution in [3.05, 3.63) is 60.2 Å². The number of nitrogens with zero attached hydrogens (tertiary/aromatic N) is 1. The Bertz CT molecular complexity index is 1030. The van der Waals surface area contributed by atoms with Gasteiger partial charge in [0.05, 0.1) is 12.3 Å². The molecule has 4 rings (SSSR count). The second-order valence-corrected chi connectivity index (χ2v) is 11.0. The number of ether oxygens (including phenoxy) is 1. The molecule has 2 atom stereocenters. The zero-order valence-corrected chi connectivity index (χ0v) is 19.1. The number of likely N-dealkylation sites (tertiary alicyclic amines) is 1. The van der Waals surface area contributed by atoms with Crippen molar-refractivity contribution in [1.82, 2.24) is 9.62 Å². The third-order valence-electron chi connectivity index (χ3n) is 6.29. The summed E-state index contributed by atoms with van der Waals surface area (Å²) in [6.45, 7) is 4.41. The van der Waals surface area contributed by atoms with E-state index in [-0.39, 0.29) is 29.3 Å². The minimum atomic E-state index is -3.38. The Kier molecular flexibility index (Phi) is 5.83. The molecule has 2 aliphatic rings. The van der Waals surface area contributed by atoms with Crippen molar-refractivity contribution in [2.24, 2.45) is 11.3 Å². The first-order chi connectivity index (χ1) is 14.7. The van der Waals surface area contributed by atoms with Crippen molar-refractivity contribution < 1.29 is 17.9 Å². The minimum absolute atomic E-state index is 0.0816. The molecule has 0 bridgehead atoms. The molecule has 1 saturated carbocycles. The summed E-state index contributed by atoms with van der Waals surface area (Å²) in [5, 5.41) is 0. The van der Waals surface area contributed by atoms with Crippen LogP contribution in [0.2, 0.25) is 0 Å². The summed E-state index contributed by atoms with van der Waals surface area (Å²) in [6.07, 6.45) is 3.69. The molecule has 2 fully saturated rings. The second kappa shape index (κ2) is 8.28. The van der Waals surface area contributed by atoms with Crippen LogP contribution >= 0.6 is 0 Å². The van der Waals surface area contributed by atoms with Gasteiger partial charge in [0.2, 0.25) is 15.9 Å². The zero-order valence-electron chi connectivity index (χ0n) is 18.2. The van der Waals surface area contributed by atoms with Crippen molar-refractivity contribution >= 4 is 15.9 Å². The Hall–Kier alpha value is -2.38. The van der Waals surface area contributed by atoms with Crippen LogP contribution in [0.3, 0.4) is 0 Å². The Morgan fingerprint density at radius 1 is 1.10 bits per heavy atom. The summed E-state index contributed by atoms with van der Waals surface area (Å²) < 4.78 is 32.9. The van der Waals surface area contributed by atoms with Crippen molar-refractivity contribution in [1.29, 1.82) is 0 Å². The normalized spacial score (nSPS) is 22.1. The number of hydrogen-bond donors (Lipinski definition) is 1. The van der Waals surface area contributed by atoms with Gasteiger partial charge in [-0.25, -0.2) is 13.1 Å². The van der Waals surface area contributed by atoms with Crippen LogP contribution in [0.4, 0.5) is 0 Å². The van der Waals surface area contributed by atoms with Gasteiger partial charge in [-0.05, 0) is 49.1 Å². The molecule has 1 aliphatic heterocycles. The third-order valence-corrected chi connectivity index (χ3v) is 6.97. The lowest BCUT2D eigenvalue weighted by atomic mass is 9.92. The van der Waals surface area contributed by atoms with Crippen molar-refractivity contribution in [3.63, 3.8) is 0 Å². The summed E-state index contributed by atoms with van der Waals surface area (Å²) in [7, 11) is -3.38. The molecule has 2 unspecified atom stereocenters. The van der Waals surface area contributed by atoms with E-state index in [1.165, 1.54) is 6.26 Å². The lowest BCUT2D eigenvalue weighted by Gasteiger charge is -2.30. The van der Waals surface area contributed by atoms with Gasteiger partial charge >= 0.3 is 0 Å². The highest BCUT2D eigenvalue weighted by Gasteiger charge is 2.61. The fraction of sp³-hybridized carbons (Fsp3) is 0.458. The third kappa shape index (κ3) is 4.93. The van der Waals surface area contributed by atoms with Gasteiger partial charge in [0, 0.05) is 23.9 Å². The van der Waals surface area contributed by atoms with Crippen LogP contribution in [-0.4, -0.2) is 44.1 Å². The first-order valence-electron chi connectivity index (χ1n) is 10.8. The number of nitrogens with one attached hydrogen (secondary N) is 1. The number of benzene rings is 2. The van der Waals surface area contributed by atoms with Crippen LogP contribution in [-0.2, 0) is 21.2 Å². The number of para-hydroxylation sites is 1. The molecule has 166 valence electrons. The summed E-state index contributed by atoms with van der Waals surface area (Å²) in [4.78, 5) is 14.9. The summed E-state index contributed by atoms with van der Waals surface area (Å²) >= 11 is 0. The van der Waals surface area contributed by atoms with Crippen LogP contribution < -0.4 is 9.46 Å². The van der Waals surface area contributed by atoms with Crippen molar-refractivity contribution in [3.8, 4) is 11.5 Å². The topological polar surface area (TPSA) is 75.7 Å². The molecular formula is C24H30N2O4S. The Morgan fingerprint density at radius 2 is 1.71 bits per heavy atom. The van der Waals surface area contributed by atoms with Crippen LogP contribution in [0.1, 0.15) is 32.3 Å². The molecular weight excluding hydrogens is 412 g/mol. The lowest BCUT2D eigenvalue weighted by molar-refractivity contribution is -0.135. The van der Waals surface area contributed by atoms with E-state index in [0.29, 0.717) is 13.0 Å². The largest absolute Gasteiger partial charge is 0.457 e. The molecule has 2 aromatic carbocycles. The maximum Gasteiger partial charge on any atom is 0.225 e. The standard InChI is InChI=1S/C24H30N2O4S/c1-17(2)23(27)26-16-24(13-14-24)22(25-31(3,28)29)21(26)15-18-9-11-20(12-10-18)30-19-7-5-4-6-8-19/h4-12,17,21-22,25H,13-16H2,1-3H3. The van der Waals surface area contributed by atoms with E-state index in [1.54, 1.807) is 0 Å². The van der Waals surface area contributed by atoms with Gasteiger partial charge in [-0.1, -0.05) is 44.2 Å². The number of hydrogen-bond acceptors (Lipinski definition) is 4.